The molecule has 1 aromatic carbocycles. The van der Waals surface area contributed by atoms with E-state index in [1.54, 1.807) is 0 Å². The van der Waals surface area contributed by atoms with Gasteiger partial charge in [0.05, 0.1) is 0 Å². The Hall–Kier alpha value is -0.500. The van der Waals surface area contributed by atoms with Crippen molar-refractivity contribution in [1.82, 2.24) is 0 Å². The number of nitrogens with zero attached hydrogens (tertiary/aromatic N) is 1. The molecule has 0 aromatic heterocycles. The lowest BCUT2D eigenvalue weighted by Crippen LogP contribution is -2.21. The monoisotopic (exact) mass is 237 g/mol. The number of hydrogen-bond acceptors (Lipinski definition) is 1. The second-order valence-electron chi connectivity index (χ2n) is 4.14. The summed E-state index contributed by atoms with van der Waals surface area (Å²) in [5, 5.41) is 0. The molecule has 1 saturated carbocycles. The maximum absolute atomic E-state index is 3.46. The van der Waals surface area contributed by atoms with Crippen LogP contribution in [0.25, 0.3) is 0 Å². The Kier molecular flexibility index (Phi) is 1.66. The summed E-state index contributed by atoms with van der Waals surface area (Å²) in [5.74, 6) is 2.03. The molecule has 2 aliphatic rings. The second-order valence-corrected chi connectivity index (χ2v) is 5.05. The van der Waals surface area contributed by atoms with Crippen LogP contribution in [-0.4, -0.2) is 13.1 Å². The van der Waals surface area contributed by atoms with Gasteiger partial charge in [0.2, 0.25) is 0 Å². The van der Waals surface area contributed by atoms with Crippen molar-refractivity contribution >= 4 is 21.6 Å². The molecule has 2 atom stereocenters. The number of halogens is 1. The maximum atomic E-state index is 3.46. The standard InChI is InChI=1S/C11H12BrN/c12-10-1-3-11(4-2-10)13-6-8-5-9(8)7-13/h1-4,8-9H,5-7H2. The summed E-state index contributed by atoms with van der Waals surface area (Å²) in [6, 6.07) is 8.65. The first-order chi connectivity index (χ1) is 6.33. The van der Waals surface area contributed by atoms with Gasteiger partial charge in [-0.3, -0.25) is 0 Å². The molecule has 0 amide bonds. The van der Waals surface area contributed by atoms with Crippen molar-refractivity contribution in [2.75, 3.05) is 18.0 Å². The van der Waals surface area contributed by atoms with Gasteiger partial charge in [0.25, 0.3) is 0 Å². The Morgan fingerprint density at radius 3 is 2.31 bits per heavy atom. The molecule has 1 saturated heterocycles. The van der Waals surface area contributed by atoms with Crippen LogP contribution in [0.5, 0.6) is 0 Å². The quantitative estimate of drug-likeness (QED) is 0.727. The van der Waals surface area contributed by atoms with E-state index in [0.29, 0.717) is 0 Å². The Bertz CT molecular complexity index is 309. The van der Waals surface area contributed by atoms with Gasteiger partial charge in [-0.05, 0) is 42.5 Å². The normalized spacial score (nSPS) is 30.4. The second kappa shape index (κ2) is 2.74. The Morgan fingerprint density at radius 2 is 1.69 bits per heavy atom. The zero-order valence-electron chi connectivity index (χ0n) is 7.41. The maximum Gasteiger partial charge on any atom is 0.0367 e. The number of rotatable bonds is 1. The molecule has 3 rings (SSSR count). The molecular formula is C11H12BrN. The molecule has 2 fully saturated rings. The number of hydrogen-bond donors (Lipinski definition) is 0. The first kappa shape index (κ1) is 7.86. The zero-order valence-corrected chi connectivity index (χ0v) is 9.00. The molecule has 0 bridgehead atoms. The summed E-state index contributed by atoms with van der Waals surface area (Å²) in [7, 11) is 0. The topological polar surface area (TPSA) is 3.24 Å². The van der Waals surface area contributed by atoms with Crippen LogP contribution in [0.3, 0.4) is 0 Å². The van der Waals surface area contributed by atoms with Crippen molar-refractivity contribution < 1.29 is 0 Å². The van der Waals surface area contributed by atoms with Gasteiger partial charge < -0.3 is 4.90 Å². The van der Waals surface area contributed by atoms with E-state index >= 15 is 0 Å². The highest BCUT2D eigenvalue weighted by Crippen LogP contribution is 2.46. The first-order valence-corrected chi connectivity index (χ1v) is 5.63. The predicted octanol–water partition coefficient (Wildman–Crippen LogP) is 2.91. The van der Waals surface area contributed by atoms with Crippen molar-refractivity contribution in [3.63, 3.8) is 0 Å². The lowest BCUT2D eigenvalue weighted by molar-refractivity contribution is 0.820. The Morgan fingerprint density at radius 1 is 1.08 bits per heavy atom. The number of anilines is 1. The van der Waals surface area contributed by atoms with E-state index in [1.807, 2.05) is 0 Å². The fraction of sp³-hybridized carbons (Fsp3) is 0.455. The Labute approximate surface area is 86.9 Å². The largest absolute Gasteiger partial charge is 0.371 e. The van der Waals surface area contributed by atoms with Gasteiger partial charge in [0.15, 0.2) is 0 Å². The highest BCUT2D eigenvalue weighted by molar-refractivity contribution is 9.10. The van der Waals surface area contributed by atoms with Crippen LogP contribution in [0.2, 0.25) is 0 Å². The molecular weight excluding hydrogens is 226 g/mol. The van der Waals surface area contributed by atoms with Crippen LogP contribution < -0.4 is 4.90 Å². The van der Waals surface area contributed by atoms with Crippen LogP contribution in [0, 0.1) is 11.8 Å². The smallest absolute Gasteiger partial charge is 0.0367 e. The molecule has 0 radical (unpaired) electrons. The molecule has 2 heteroatoms. The van der Waals surface area contributed by atoms with E-state index in [1.165, 1.54) is 29.7 Å². The van der Waals surface area contributed by atoms with E-state index in [2.05, 4.69) is 45.1 Å². The molecule has 1 aliphatic heterocycles. The van der Waals surface area contributed by atoms with Gasteiger partial charge in [0, 0.05) is 23.2 Å². The third-order valence-corrected chi connectivity index (χ3v) is 3.70. The van der Waals surface area contributed by atoms with Gasteiger partial charge in [-0.25, -0.2) is 0 Å². The third kappa shape index (κ3) is 1.37. The molecule has 13 heavy (non-hydrogen) atoms. The molecule has 0 spiro atoms. The number of benzene rings is 1. The minimum Gasteiger partial charge on any atom is -0.371 e. The zero-order chi connectivity index (χ0) is 8.84. The number of piperidine rings is 1. The van der Waals surface area contributed by atoms with Gasteiger partial charge in [-0.1, -0.05) is 15.9 Å². The van der Waals surface area contributed by atoms with Crippen LogP contribution in [0.4, 0.5) is 5.69 Å². The molecule has 1 nitrogen and oxygen atoms in total. The number of fused-ring (bicyclic) bond motifs is 1. The van der Waals surface area contributed by atoms with Crippen molar-refractivity contribution in [1.29, 1.82) is 0 Å². The summed E-state index contributed by atoms with van der Waals surface area (Å²) < 4.78 is 1.17. The third-order valence-electron chi connectivity index (χ3n) is 3.17. The van der Waals surface area contributed by atoms with E-state index in [9.17, 15) is 0 Å². The summed E-state index contributed by atoms with van der Waals surface area (Å²) in [4.78, 5) is 2.51. The molecule has 0 N–H and O–H groups in total. The summed E-state index contributed by atoms with van der Waals surface area (Å²) in [6.45, 7) is 2.57. The summed E-state index contributed by atoms with van der Waals surface area (Å²) >= 11 is 3.46. The lowest BCUT2D eigenvalue weighted by Gasteiger charge is -2.19. The van der Waals surface area contributed by atoms with Crippen LogP contribution in [0.1, 0.15) is 6.42 Å². The average Bonchev–Trinajstić information content (AvgIpc) is 2.75. The van der Waals surface area contributed by atoms with Crippen molar-refractivity contribution in [3.05, 3.63) is 28.7 Å². The van der Waals surface area contributed by atoms with Crippen molar-refractivity contribution in [2.45, 2.75) is 6.42 Å². The Balaban J connectivity index is 1.81. The van der Waals surface area contributed by atoms with Gasteiger partial charge >= 0.3 is 0 Å². The predicted molar refractivity (Wildman–Crippen MR) is 58.0 cm³/mol. The fourth-order valence-corrected chi connectivity index (χ4v) is 2.53. The van der Waals surface area contributed by atoms with Crippen molar-refractivity contribution in [2.24, 2.45) is 11.8 Å². The highest BCUT2D eigenvalue weighted by atomic mass is 79.9. The minimum atomic E-state index is 1.02. The van der Waals surface area contributed by atoms with Crippen molar-refractivity contribution in [3.8, 4) is 0 Å². The lowest BCUT2D eigenvalue weighted by atomic mass is 10.3. The van der Waals surface area contributed by atoms with Gasteiger partial charge in [0.1, 0.15) is 0 Å². The molecule has 1 heterocycles. The van der Waals surface area contributed by atoms with Gasteiger partial charge in [-0.2, -0.15) is 0 Å². The average molecular weight is 238 g/mol. The SMILES string of the molecule is Brc1ccc(N2CC3CC3C2)cc1. The molecule has 2 unspecified atom stereocenters. The van der Waals surface area contributed by atoms with E-state index in [4.69, 9.17) is 0 Å². The minimum absolute atomic E-state index is 1.02. The van der Waals surface area contributed by atoms with E-state index in [0.717, 1.165) is 11.8 Å². The fourth-order valence-electron chi connectivity index (χ4n) is 2.26. The molecule has 1 aliphatic carbocycles. The van der Waals surface area contributed by atoms with Gasteiger partial charge in [-0.15, -0.1) is 0 Å². The molecule has 1 aromatic rings. The van der Waals surface area contributed by atoms with Crippen LogP contribution in [0.15, 0.2) is 28.7 Å². The highest BCUT2D eigenvalue weighted by Gasteiger charge is 2.44. The van der Waals surface area contributed by atoms with Crippen LogP contribution in [-0.2, 0) is 0 Å². The first-order valence-electron chi connectivity index (χ1n) is 4.83. The molecule has 68 valence electrons. The van der Waals surface area contributed by atoms with Crippen LogP contribution >= 0.6 is 15.9 Å². The summed E-state index contributed by atoms with van der Waals surface area (Å²) in [6.07, 6.45) is 1.48. The van der Waals surface area contributed by atoms with E-state index < -0.39 is 0 Å². The van der Waals surface area contributed by atoms with E-state index in [-0.39, 0.29) is 0 Å². The summed E-state index contributed by atoms with van der Waals surface area (Å²) in [5.41, 5.74) is 1.38.